The summed E-state index contributed by atoms with van der Waals surface area (Å²) in [7, 11) is 0. The first kappa shape index (κ1) is 18.8. The predicted molar refractivity (Wildman–Crippen MR) is 126 cm³/mol. The maximum Gasteiger partial charge on any atom is 0.163 e. The highest BCUT2D eigenvalue weighted by molar-refractivity contribution is 9.10. The van der Waals surface area contributed by atoms with Crippen LogP contribution in [0, 0.1) is 0 Å². The Balaban J connectivity index is 1.59. The Morgan fingerprint density at radius 3 is 2.13 bits per heavy atom. The fourth-order valence-electron chi connectivity index (χ4n) is 3.66. The van der Waals surface area contributed by atoms with E-state index in [4.69, 9.17) is 10.1 Å². The first-order valence-electron chi connectivity index (χ1n) is 10.0. The van der Waals surface area contributed by atoms with E-state index in [2.05, 4.69) is 82.7 Å². The Labute approximate surface area is 184 Å². The van der Waals surface area contributed by atoms with Gasteiger partial charge < -0.3 is 0 Å². The van der Waals surface area contributed by atoms with Gasteiger partial charge in [0, 0.05) is 21.1 Å². The number of pyridine rings is 1. The summed E-state index contributed by atoms with van der Waals surface area (Å²) in [4.78, 5) is 5.02. The van der Waals surface area contributed by atoms with Crippen molar-refractivity contribution in [2.24, 2.45) is 0 Å². The fraction of sp³-hybridized carbons (Fsp3) is 0.0769. The molecule has 146 valence electrons. The number of halogens is 1. The standard InChI is InChI=1S/C26H20BrN3/c27-21-14-12-20(13-15-21)25-24-18-17-22(16-11-19-7-3-1-4-8-19)28-26(24)30(29-25)23-9-5-2-6-10-23/h1-10,12-15,17-18H,11,16H2. The number of fused-ring (bicyclic) bond motifs is 1. The normalized spacial score (nSPS) is 11.1. The molecule has 0 fully saturated rings. The molecule has 5 rings (SSSR count). The zero-order chi connectivity index (χ0) is 20.3. The lowest BCUT2D eigenvalue weighted by molar-refractivity contribution is 0.877. The second-order valence-corrected chi connectivity index (χ2v) is 8.18. The molecule has 4 heteroatoms. The van der Waals surface area contributed by atoms with Crippen molar-refractivity contribution in [1.82, 2.24) is 14.8 Å². The number of benzene rings is 3. The quantitative estimate of drug-likeness (QED) is 0.298. The molecule has 0 spiro atoms. The third kappa shape index (κ3) is 3.79. The largest absolute Gasteiger partial charge is 0.233 e. The van der Waals surface area contributed by atoms with Gasteiger partial charge in [0.15, 0.2) is 5.65 Å². The third-order valence-corrected chi connectivity index (χ3v) is 5.75. The Morgan fingerprint density at radius 2 is 1.40 bits per heavy atom. The molecule has 0 aliphatic heterocycles. The van der Waals surface area contributed by atoms with E-state index < -0.39 is 0 Å². The summed E-state index contributed by atoms with van der Waals surface area (Å²) in [5.74, 6) is 0. The highest BCUT2D eigenvalue weighted by Gasteiger charge is 2.15. The van der Waals surface area contributed by atoms with Gasteiger partial charge in [-0.25, -0.2) is 9.67 Å². The first-order chi connectivity index (χ1) is 14.8. The minimum absolute atomic E-state index is 0.893. The van der Waals surface area contributed by atoms with Crippen molar-refractivity contribution in [1.29, 1.82) is 0 Å². The number of hydrogen-bond donors (Lipinski definition) is 0. The van der Waals surface area contributed by atoms with Gasteiger partial charge in [0.1, 0.15) is 5.69 Å². The molecule has 0 saturated carbocycles. The van der Waals surface area contributed by atoms with E-state index >= 15 is 0 Å². The summed E-state index contributed by atoms with van der Waals surface area (Å²) in [6, 6.07) is 33.3. The molecular formula is C26H20BrN3. The highest BCUT2D eigenvalue weighted by Crippen LogP contribution is 2.30. The van der Waals surface area contributed by atoms with Gasteiger partial charge in [-0.15, -0.1) is 0 Å². The predicted octanol–water partition coefficient (Wildman–Crippen LogP) is 6.64. The summed E-state index contributed by atoms with van der Waals surface area (Å²) < 4.78 is 3.01. The lowest BCUT2D eigenvalue weighted by Crippen LogP contribution is -2.00. The molecule has 3 aromatic carbocycles. The zero-order valence-electron chi connectivity index (χ0n) is 16.4. The smallest absolute Gasteiger partial charge is 0.163 e. The van der Waals surface area contributed by atoms with Crippen LogP contribution in [0.4, 0.5) is 0 Å². The van der Waals surface area contributed by atoms with Gasteiger partial charge >= 0.3 is 0 Å². The number of rotatable bonds is 5. The zero-order valence-corrected chi connectivity index (χ0v) is 18.0. The second-order valence-electron chi connectivity index (χ2n) is 7.26. The molecule has 0 saturated heterocycles. The van der Waals surface area contributed by atoms with Crippen molar-refractivity contribution >= 4 is 27.0 Å². The van der Waals surface area contributed by atoms with Crippen LogP contribution in [-0.4, -0.2) is 14.8 Å². The summed E-state index contributed by atoms with van der Waals surface area (Å²) in [5.41, 5.74) is 6.33. The van der Waals surface area contributed by atoms with Gasteiger partial charge in [0.05, 0.1) is 5.69 Å². The van der Waals surface area contributed by atoms with Crippen LogP contribution in [0.25, 0.3) is 28.0 Å². The number of aryl methyl sites for hydroxylation is 2. The fourth-order valence-corrected chi connectivity index (χ4v) is 3.93. The molecule has 0 amide bonds. The summed E-state index contributed by atoms with van der Waals surface area (Å²) in [5, 5.41) is 6.02. The molecule has 5 aromatic rings. The Bertz CT molecular complexity index is 1280. The first-order valence-corrected chi connectivity index (χ1v) is 10.8. The maximum absolute atomic E-state index is 5.02. The summed E-state index contributed by atoms with van der Waals surface area (Å²) in [6.45, 7) is 0. The molecule has 0 aliphatic carbocycles. The SMILES string of the molecule is Brc1ccc(-c2nn(-c3ccccc3)c3nc(CCc4ccccc4)ccc23)cc1. The van der Waals surface area contributed by atoms with Gasteiger partial charge in [-0.05, 0) is 54.8 Å². The topological polar surface area (TPSA) is 30.7 Å². The van der Waals surface area contributed by atoms with E-state index in [1.165, 1.54) is 5.56 Å². The third-order valence-electron chi connectivity index (χ3n) is 5.22. The van der Waals surface area contributed by atoms with E-state index in [0.717, 1.165) is 51.0 Å². The van der Waals surface area contributed by atoms with E-state index in [1.54, 1.807) is 0 Å². The summed E-state index contributed by atoms with van der Waals surface area (Å²) >= 11 is 3.52. The number of hydrogen-bond acceptors (Lipinski definition) is 2. The molecule has 2 aromatic heterocycles. The van der Waals surface area contributed by atoms with E-state index in [9.17, 15) is 0 Å². The van der Waals surface area contributed by atoms with Gasteiger partial charge in [-0.1, -0.05) is 76.6 Å². The Hall–Kier alpha value is -3.24. The molecule has 0 unspecified atom stereocenters. The van der Waals surface area contributed by atoms with E-state index in [1.807, 2.05) is 35.0 Å². The van der Waals surface area contributed by atoms with E-state index in [0.29, 0.717) is 0 Å². The van der Waals surface area contributed by atoms with Crippen LogP contribution in [0.2, 0.25) is 0 Å². The lowest BCUT2D eigenvalue weighted by Gasteiger charge is -2.05. The molecule has 0 N–H and O–H groups in total. The van der Waals surface area contributed by atoms with Crippen LogP contribution < -0.4 is 0 Å². The molecule has 0 radical (unpaired) electrons. The van der Waals surface area contributed by atoms with Crippen LogP contribution in [0.1, 0.15) is 11.3 Å². The van der Waals surface area contributed by atoms with Crippen LogP contribution in [0.5, 0.6) is 0 Å². The molecule has 30 heavy (non-hydrogen) atoms. The van der Waals surface area contributed by atoms with Crippen molar-refractivity contribution in [2.45, 2.75) is 12.8 Å². The van der Waals surface area contributed by atoms with Crippen LogP contribution in [0.15, 0.2) is 102 Å². The van der Waals surface area contributed by atoms with Crippen LogP contribution in [0.3, 0.4) is 0 Å². The van der Waals surface area contributed by atoms with E-state index in [-0.39, 0.29) is 0 Å². The molecule has 0 atom stereocenters. The van der Waals surface area contributed by atoms with Gasteiger partial charge in [-0.3, -0.25) is 0 Å². The van der Waals surface area contributed by atoms with Crippen molar-refractivity contribution < 1.29 is 0 Å². The summed E-state index contributed by atoms with van der Waals surface area (Å²) in [6.07, 6.45) is 1.87. The Kier molecular flexibility index (Phi) is 5.16. The van der Waals surface area contributed by atoms with Crippen LogP contribution in [-0.2, 0) is 12.8 Å². The average Bonchev–Trinajstić information content (AvgIpc) is 3.18. The number of para-hydroxylation sites is 1. The molecule has 0 bridgehead atoms. The van der Waals surface area contributed by atoms with Crippen LogP contribution >= 0.6 is 15.9 Å². The second kappa shape index (κ2) is 8.25. The monoisotopic (exact) mass is 453 g/mol. The molecule has 3 nitrogen and oxygen atoms in total. The van der Waals surface area contributed by atoms with Gasteiger partial charge in [-0.2, -0.15) is 5.10 Å². The van der Waals surface area contributed by atoms with Crippen molar-refractivity contribution in [3.63, 3.8) is 0 Å². The number of aromatic nitrogens is 3. The molecule has 2 heterocycles. The van der Waals surface area contributed by atoms with Crippen molar-refractivity contribution in [2.75, 3.05) is 0 Å². The molecular weight excluding hydrogens is 434 g/mol. The number of nitrogens with zero attached hydrogens (tertiary/aromatic N) is 3. The minimum Gasteiger partial charge on any atom is -0.233 e. The maximum atomic E-state index is 5.02. The molecule has 0 aliphatic rings. The average molecular weight is 454 g/mol. The lowest BCUT2D eigenvalue weighted by atomic mass is 10.1. The van der Waals surface area contributed by atoms with Gasteiger partial charge in [0.25, 0.3) is 0 Å². The Morgan fingerprint density at radius 1 is 0.700 bits per heavy atom. The van der Waals surface area contributed by atoms with Gasteiger partial charge in [0.2, 0.25) is 0 Å². The highest BCUT2D eigenvalue weighted by atomic mass is 79.9. The van der Waals surface area contributed by atoms with Crippen molar-refractivity contribution in [3.05, 3.63) is 113 Å². The van der Waals surface area contributed by atoms with Crippen molar-refractivity contribution in [3.8, 4) is 16.9 Å². The minimum atomic E-state index is 0.893.